The fraction of sp³-hybridized carbons (Fsp3) is 0.706. The van der Waals surface area contributed by atoms with E-state index in [2.05, 4.69) is 36.8 Å². The van der Waals surface area contributed by atoms with Crippen molar-refractivity contribution in [2.45, 2.75) is 51.6 Å². The molecule has 2 heterocycles. The third-order valence-electron chi connectivity index (χ3n) is 5.00. The number of ketones is 1. The Balaban J connectivity index is 2.22. The Morgan fingerprint density at radius 1 is 0.950 bits per heavy atom. The number of rotatable bonds is 4. The number of nitrogens with zero attached hydrogens (tertiary/aromatic N) is 2. The van der Waals surface area contributed by atoms with Crippen LogP contribution in [-0.4, -0.2) is 40.8 Å². The zero-order valence-corrected chi connectivity index (χ0v) is 12.9. The van der Waals surface area contributed by atoms with E-state index >= 15 is 0 Å². The van der Waals surface area contributed by atoms with E-state index in [9.17, 15) is 4.79 Å². The van der Waals surface area contributed by atoms with Crippen LogP contribution in [-0.2, 0) is 4.79 Å². The molecule has 2 fully saturated rings. The van der Waals surface area contributed by atoms with E-state index in [0.29, 0.717) is 17.6 Å². The lowest BCUT2D eigenvalue weighted by Crippen LogP contribution is -2.56. The van der Waals surface area contributed by atoms with Gasteiger partial charge in [0.25, 0.3) is 0 Å². The summed E-state index contributed by atoms with van der Waals surface area (Å²) in [4.78, 5) is 17.4. The van der Waals surface area contributed by atoms with Crippen LogP contribution in [0.1, 0.15) is 39.5 Å². The van der Waals surface area contributed by atoms with Gasteiger partial charge in [0, 0.05) is 13.1 Å². The highest BCUT2D eigenvalue weighted by Gasteiger charge is 2.41. The van der Waals surface area contributed by atoms with E-state index in [1.54, 1.807) is 0 Å². The molecule has 0 radical (unpaired) electrons. The van der Waals surface area contributed by atoms with Crippen LogP contribution in [0.3, 0.4) is 0 Å². The molecule has 20 heavy (non-hydrogen) atoms. The third-order valence-corrected chi connectivity index (χ3v) is 5.00. The van der Waals surface area contributed by atoms with Crippen molar-refractivity contribution in [3.8, 4) is 0 Å². The molecule has 0 saturated carbocycles. The first-order valence-electron chi connectivity index (χ1n) is 7.90. The predicted molar refractivity (Wildman–Crippen MR) is 83.2 cm³/mol. The lowest BCUT2D eigenvalue weighted by atomic mass is 9.80. The van der Waals surface area contributed by atoms with Gasteiger partial charge in [-0.05, 0) is 49.9 Å². The quantitative estimate of drug-likeness (QED) is 0.788. The molecular weight excluding hydrogens is 248 g/mol. The van der Waals surface area contributed by atoms with Crippen molar-refractivity contribution in [2.75, 3.05) is 13.1 Å². The van der Waals surface area contributed by atoms with Crippen molar-refractivity contribution < 1.29 is 4.79 Å². The number of carbonyl (C=O) groups excluding carboxylic acids is 1. The van der Waals surface area contributed by atoms with Gasteiger partial charge < -0.3 is 9.80 Å². The molecular formula is C17H28N2O. The van der Waals surface area contributed by atoms with Crippen LogP contribution in [0.4, 0.5) is 0 Å². The molecule has 3 nitrogen and oxygen atoms in total. The summed E-state index contributed by atoms with van der Waals surface area (Å²) in [6.45, 7) is 14.1. The van der Waals surface area contributed by atoms with E-state index in [1.807, 2.05) is 12.4 Å². The second-order valence-electron chi connectivity index (χ2n) is 6.37. The first-order chi connectivity index (χ1) is 9.60. The van der Waals surface area contributed by atoms with Crippen molar-refractivity contribution in [3.05, 3.63) is 25.6 Å². The van der Waals surface area contributed by atoms with E-state index in [0.717, 1.165) is 38.8 Å². The molecule has 0 aromatic rings. The average Bonchev–Trinajstić information content (AvgIpc) is 2.45. The molecule has 112 valence electrons. The monoisotopic (exact) mass is 276 g/mol. The minimum atomic E-state index is -0.00532. The van der Waals surface area contributed by atoms with Crippen LogP contribution in [0.15, 0.2) is 25.6 Å². The van der Waals surface area contributed by atoms with Gasteiger partial charge in [-0.25, -0.2) is 0 Å². The van der Waals surface area contributed by atoms with Crippen LogP contribution >= 0.6 is 0 Å². The molecule has 2 rings (SSSR count). The number of hydrogen-bond acceptors (Lipinski definition) is 3. The van der Waals surface area contributed by atoms with Gasteiger partial charge in [-0.1, -0.05) is 27.0 Å². The number of piperidine rings is 2. The molecule has 2 aliphatic rings. The Morgan fingerprint density at radius 2 is 1.35 bits per heavy atom. The summed E-state index contributed by atoms with van der Waals surface area (Å²) in [5.74, 6) is 1.19. The molecule has 2 aliphatic heterocycles. The van der Waals surface area contributed by atoms with Crippen LogP contribution in [0.5, 0.6) is 0 Å². The van der Waals surface area contributed by atoms with Gasteiger partial charge in [-0.15, -0.1) is 0 Å². The summed E-state index contributed by atoms with van der Waals surface area (Å²) in [7, 11) is 0. The van der Waals surface area contributed by atoms with Crippen molar-refractivity contribution >= 4 is 5.78 Å². The van der Waals surface area contributed by atoms with Gasteiger partial charge in [0.2, 0.25) is 0 Å². The topological polar surface area (TPSA) is 23.6 Å². The molecule has 3 heteroatoms. The van der Waals surface area contributed by atoms with Gasteiger partial charge in [-0.3, -0.25) is 4.79 Å². The van der Waals surface area contributed by atoms with Gasteiger partial charge in [-0.2, -0.15) is 0 Å². The Labute approximate surface area is 123 Å². The van der Waals surface area contributed by atoms with E-state index in [4.69, 9.17) is 0 Å². The summed E-state index contributed by atoms with van der Waals surface area (Å²) < 4.78 is 0. The molecule has 0 aromatic carbocycles. The van der Waals surface area contributed by atoms with Gasteiger partial charge in [0.1, 0.15) is 0 Å². The summed E-state index contributed by atoms with van der Waals surface area (Å²) in [5.41, 5.74) is 0. The Kier molecular flexibility index (Phi) is 4.90. The third kappa shape index (κ3) is 2.77. The summed E-state index contributed by atoms with van der Waals surface area (Å²) >= 11 is 0. The lowest BCUT2D eigenvalue weighted by Gasteiger charge is -2.45. The van der Waals surface area contributed by atoms with Crippen LogP contribution in [0.2, 0.25) is 0 Å². The molecule has 0 spiro atoms. The van der Waals surface area contributed by atoms with Crippen molar-refractivity contribution in [1.29, 1.82) is 0 Å². The minimum absolute atomic E-state index is 0.00532. The number of carbonyl (C=O) groups is 1. The molecule has 0 amide bonds. The molecule has 4 atom stereocenters. The zero-order valence-electron chi connectivity index (χ0n) is 12.9. The van der Waals surface area contributed by atoms with Gasteiger partial charge >= 0.3 is 0 Å². The number of hydrogen-bond donors (Lipinski definition) is 0. The Morgan fingerprint density at radius 3 is 1.70 bits per heavy atom. The first kappa shape index (κ1) is 15.1. The second-order valence-corrected chi connectivity index (χ2v) is 6.37. The van der Waals surface area contributed by atoms with Crippen molar-refractivity contribution in [1.82, 2.24) is 9.80 Å². The van der Waals surface area contributed by atoms with E-state index in [1.165, 1.54) is 0 Å². The fourth-order valence-electron chi connectivity index (χ4n) is 3.91. The lowest BCUT2D eigenvalue weighted by molar-refractivity contribution is -0.133. The van der Waals surface area contributed by atoms with Crippen LogP contribution in [0, 0.1) is 11.8 Å². The molecule has 2 saturated heterocycles. The maximum absolute atomic E-state index is 13.1. The van der Waals surface area contributed by atoms with Gasteiger partial charge in [0.05, 0.1) is 12.1 Å². The minimum Gasteiger partial charge on any atom is -0.368 e. The van der Waals surface area contributed by atoms with E-state index < -0.39 is 0 Å². The first-order valence-corrected chi connectivity index (χ1v) is 7.90. The van der Waals surface area contributed by atoms with Crippen LogP contribution in [0.25, 0.3) is 0 Å². The molecule has 0 bridgehead atoms. The van der Waals surface area contributed by atoms with Crippen molar-refractivity contribution in [3.63, 3.8) is 0 Å². The SMILES string of the molecule is C=CN1CCCC(C)C1C(=O)C1C(C)CCCN1C=C. The van der Waals surface area contributed by atoms with Crippen molar-refractivity contribution in [2.24, 2.45) is 11.8 Å². The molecule has 0 aromatic heterocycles. The van der Waals surface area contributed by atoms with Crippen LogP contribution < -0.4 is 0 Å². The Hall–Kier alpha value is -1.25. The molecule has 0 aliphatic carbocycles. The number of Topliss-reactive ketones (excluding diaryl/α,β-unsaturated/α-hetero) is 1. The average molecular weight is 276 g/mol. The largest absolute Gasteiger partial charge is 0.368 e. The summed E-state index contributed by atoms with van der Waals surface area (Å²) in [6, 6.07) is -0.0106. The smallest absolute Gasteiger partial charge is 0.178 e. The Bertz CT molecular complexity index is 345. The zero-order chi connectivity index (χ0) is 14.7. The maximum atomic E-state index is 13.1. The van der Waals surface area contributed by atoms with E-state index in [-0.39, 0.29) is 12.1 Å². The highest BCUT2D eigenvalue weighted by molar-refractivity contribution is 5.90. The highest BCUT2D eigenvalue weighted by Crippen LogP contribution is 2.31. The standard InChI is InChI=1S/C17H28N2O/c1-5-18-11-7-9-13(3)15(18)17(20)16-14(4)10-8-12-19(16)6-2/h5-6,13-16H,1-2,7-12H2,3-4H3. The molecule has 4 unspecified atom stereocenters. The molecule has 0 N–H and O–H groups in total. The maximum Gasteiger partial charge on any atom is 0.178 e. The highest BCUT2D eigenvalue weighted by atomic mass is 16.1. The summed E-state index contributed by atoms with van der Waals surface area (Å²) in [5, 5.41) is 0. The van der Waals surface area contributed by atoms with Gasteiger partial charge in [0.15, 0.2) is 5.78 Å². The second kappa shape index (κ2) is 6.47. The normalized spacial score (nSPS) is 34.7. The number of likely N-dealkylation sites (tertiary alicyclic amines) is 2. The summed E-state index contributed by atoms with van der Waals surface area (Å²) in [6.07, 6.45) is 8.28. The fourth-order valence-corrected chi connectivity index (χ4v) is 3.91. The predicted octanol–water partition coefficient (Wildman–Crippen LogP) is 3.04.